The lowest BCUT2D eigenvalue weighted by molar-refractivity contribution is 0.321. The van der Waals surface area contributed by atoms with Crippen LogP contribution in [0, 0.1) is 0 Å². The second-order valence-corrected chi connectivity index (χ2v) is 4.04. The Balaban J connectivity index is 2.57. The van der Waals surface area contributed by atoms with Gasteiger partial charge in [0.15, 0.2) is 0 Å². The van der Waals surface area contributed by atoms with Crippen molar-refractivity contribution in [2.45, 2.75) is 13.8 Å². The number of rotatable bonds is 2. The molecule has 0 atom stereocenters. The normalized spacial score (nSPS) is 11.8. The van der Waals surface area contributed by atoms with E-state index in [1.165, 1.54) is 6.33 Å². The zero-order valence-corrected chi connectivity index (χ0v) is 10.8. The highest BCUT2D eigenvalue weighted by Crippen LogP contribution is 2.13. The molecule has 1 aromatic carbocycles. The van der Waals surface area contributed by atoms with Crippen LogP contribution in [-0.4, -0.2) is 22.2 Å². The third-order valence-corrected chi connectivity index (χ3v) is 2.54. The van der Waals surface area contributed by atoms with Crippen LogP contribution in [0.2, 0.25) is 5.02 Å². The first-order valence-corrected chi connectivity index (χ1v) is 5.85. The van der Waals surface area contributed by atoms with Crippen molar-refractivity contribution in [1.29, 1.82) is 0 Å². The predicted octanol–water partition coefficient (Wildman–Crippen LogP) is 2.27. The van der Waals surface area contributed by atoms with Crippen molar-refractivity contribution in [3.63, 3.8) is 0 Å². The summed E-state index contributed by atoms with van der Waals surface area (Å²) in [5.41, 5.74) is 0.312. The maximum atomic E-state index is 12.1. The van der Waals surface area contributed by atoms with E-state index < -0.39 is 0 Å². The molecule has 0 saturated heterocycles. The lowest BCUT2D eigenvalue weighted by Crippen LogP contribution is -2.18. The van der Waals surface area contributed by atoms with Crippen LogP contribution in [0.25, 0.3) is 10.9 Å². The number of nitrogens with zero attached hydrogens (tertiary/aromatic N) is 3. The van der Waals surface area contributed by atoms with Gasteiger partial charge in [-0.1, -0.05) is 11.6 Å². The van der Waals surface area contributed by atoms with Crippen LogP contribution in [0.15, 0.2) is 34.4 Å². The lowest BCUT2D eigenvalue weighted by atomic mass is 10.2. The number of hydrogen-bond donors (Lipinski definition) is 0. The standard InChI is InChI=1S/C12H12ClN3O2/c1-3-18-8(2)15-16-7-14-11-5-4-9(13)6-10(11)12(16)17/h4-7H,3H2,1-2H3/b15-8+. The number of aromatic nitrogens is 2. The maximum absolute atomic E-state index is 12.1. The van der Waals surface area contributed by atoms with Gasteiger partial charge in [0.2, 0.25) is 5.90 Å². The van der Waals surface area contributed by atoms with Crippen LogP contribution in [-0.2, 0) is 4.74 Å². The van der Waals surface area contributed by atoms with Gasteiger partial charge in [0.1, 0.15) is 6.33 Å². The number of benzene rings is 1. The summed E-state index contributed by atoms with van der Waals surface area (Å²) < 4.78 is 6.32. The van der Waals surface area contributed by atoms with E-state index in [0.717, 1.165) is 4.68 Å². The number of ether oxygens (including phenoxy) is 1. The quantitative estimate of drug-likeness (QED) is 0.618. The number of hydrogen-bond acceptors (Lipinski definition) is 4. The number of halogens is 1. The minimum Gasteiger partial charge on any atom is -0.480 e. The van der Waals surface area contributed by atoms with E-state index in [2.05, 4.69) is 10.1 Å². The van der Waals surface area contributed by atoms with Gasteiger partial charge in [0.25, 0.3) is 5.56 Å². The van der Waals surface area contributed by atoms with Gasteiger partial charge in [0, 0.05) is 11.9 Å². The molecule has 0 unspecified atom stereocenters. The zero-order chi connectivity index (χ0) is 13.1. The van der Waals surface area contributed by atoms with Gasteiger partial charge < -0.3 is 4.74 Å². The van der Waals surface area contributed by atoms with E-state index >= 15 is 0 Å². The summed E-state index contributed by atoms with van der Waals surface area (Å²) >= 11 is 5.86. The molecule has 0 fully saturated rings. The summed E-state index contributed by atoms with van der Waals surface area (Å²) in [6.07, 6.45) is 1.36. The summed E-state index contributed by atoms with van der Waals surface area (Å²) in [6.45, 7) is 4.02. The van der Waals surface area contributed by atoms with E-state index in [4.69, 9.17) is 16.3 Å². The third-order valence-electron chi connectivity index (χ3n) is 2.31. The summed E-state index contributed by atoms with van der Waals surface area (Å²) in [6, 6.07) is 4.96. The third kappa shape index (κ3) is 2.51. The fourth-order valence-electron chi connectivity index (χ4n) is 1.55. The van der Waals surface area contributed by atoms with Crippen molar-refractivity contribution < 1.29 is 4.74 Å². The largest absolute Gasteiger partial charge is 0.480 e. The zero-order valence-electron chi connectivity index (χ0n) is 10.1. The highest BCUT2D eigenvalue weighted by Gasteiger charge is 2.04. The smallest absolute Gasteiger partial charge is 0.281 e. The molecule has 0 radical (unpaired) electrons. The van der Waals surface area contributed by atoms with Crippen molar-refractivity contribution >= 4 is 28.4 Å². The van der Waals surface area contributed by atoms with Gasteiger partial charge in [-0.2, -0.15) is 4.68 Å². The van der Waals surface area contributed by atoms with Crippen molar-refractivity contribution in [3.05, 3.63) is 39.9 Å². The molecule has 0 aliphatic heterocycles. The van der Waals surface area contributed by atoms with E-state index in [1.54, 1.807) is 25.1 Å². The molecule has 0 aliphatic rings. The second-order valence-electron chi connectivity index (χ2n) is 3.61. The van der Waals surface area contributed by atoms with Gasteiger partial charge >= 0.3 is 0 Å². The molecule has 18 heavy (non-hydrogen) atoms. The minimum atomic E-state index is -0.276. The Morgan fingerprint density at radius 2 is 2.33 bits per heavy atom. The molecule has 1 aromatic heterocycles. The molecule has 0 amide bonds. The Bertz CT molecular complexity index is 664. The lowest BCUT2D eigenvalue weighted by Gasteiger charge is -2.04. The van der Waals surface area contributed by atoms with Gasteiger partial charge in [-0.25, -0.2) is 4.98 Å². The summed E-state index contributed by atoms with van der Waals surface area (Å²) in [5, 5.41) is 4.94. The highest BCUT2D eigenvalue weighted by molar-refractivity contribution is 6.31. The Morgan fingerprint density at radius 1 is 1.56 bits per heavy atom. The Labute approximate surface area is 109 Å². The first kappa shape index (κ1) is 12.6. The fourth-order valence-corrected chi connectivity index (χ4v) is 1.72. The molecule has 0 bridgehead atoms. The van der Waals surface area contributed by atoms with Crippen molar-refractivity contribution in [2.24, 2.45) is 5.10 Å². The van der Waals surface area contributed by atoms with Crippen molar-refractivity contribution in [2.75, 3.05) is 6.61 Å². The molecule has 2 rings (SSSR count). The molecule has 0 aliphatic carbocycles. The van der Waals surface area contributed by atoms with E-state index in [9.17, 15) is 4.79 Å². The molecule has 6 heteroatoms. The number of fused-ring (bicyclic) bond motifs is 1. The predicted molar refractivity (Wildman–Crippen MR) is 71.1 cm³/mol. The maximum Gasteiger partial charge on any atom is 0.281 e. The van der Waals surface area contributed by atoms with E-state index in [-0.39, 0.29) is 5.56 Å². The molecule has 0 saturated carbocycles. The fraction of sp³-hybridized carbons (Fsp3) is 0.250. The van der Waals surface area contributed by atoms with Gasteiger partial charge in [-0.05, 0) is 25.1 Å². The van der Waals surface area contributed by atoms with E-state index in [1.807, 2.05) is 6.92 Å². The van der Waals surface area contributed by atoms with Crippen molar-refractivity contribution in [1.82, 2.24) is 9.66 Å². The van der Waals surface area contributed by atoms with Crippen LogP contribution in [0.5, 0.6) is 0 Å². The molecule has 1 heterocycles. The second kappa shape index (κ2) is 5.18. The van der Waals surface area contributed by atoms with Crippen LogP contribution >= 0.6 is 11.6 Å². The highest BCUT2D eigenvalue weighted by atomic mass is 35.5. The monoisotopic (exact) mass is 265 g/mol. The Morgan fingerprint density at radius 3 is 3.06 bits per heavy atom. The first-order valence-electron chi connectivity index (χ1n) is 5.47. The molecular weight excluding hydrogens is 254 g/mol. The van der Waals surface area contributed by atoms with Crippen molar-refractivity contribution in [3.8, 4) is 0 Å². The summed E-state index contributed by atoms with van der Waals surface area (Å²) in [7, 11) is 0. The molecule has 94 valence electrons. The SMILES string of the molecule is CCO/C(C)=N/n1cnc2ccc(Cl)cc2c1=O. The van der Waals surface area contributed by atoms with Gasteiger partial charge in [-0.15, -0.1) is 5.10 Å². The van der Waals surface area contributed by atoms with Gasteiger partial charge in [-0.3, -0.25) is 4.79 Å². The van der Waals surface area contributed by atoms with Crippen LogP contribution < -0.4 is 5.56 Å². The average Bonchev–Trinajstić information content (AvgIpc) is 2.34. The van der Waals surface area contributed by atoms with Crippen LogP contribution in [0.3, 0.4) is 0 Å². The summed E-state index contributed by atoms with van der Waals surface area (Å²) in [4.78, 5) is 16.3. The summed E-state index contributed by atoms with van der Waals surface area (Å²) in [5.74, 6) is 0.405. The first-order chi connectivity index (χ1) is 8.61. The van der Waals surface area contributed by atoms with Crippen LogP contribution in [0.4, 0.5) is 0 Å². The minimum absolute atomic E-state index is 0.276. The van der Waals surface area contributed by atoms with Gasteiger partial charge in [0.05, 0.1) is 17.5 Å². The molecule has 0 N–H and O–H groups in total. The topological polar surface area (TPSA) is 56.5 Å². The molecule has 0 spiro atoms. The van der Waals surface area contributed by atoms with Crippen LogP contribution in [0.1, 0.15) is 13.8 Å². The molecule has 2 aromatic rings. The molecular formula is C12H12ClN3O2. The average molecular weight is 266 g/mol. The Hall–Kier alpha value is -1.88. The Kier molecular flexibility index (Phi) is 3.62. The molecule has 5 nitrogen and oxygen atoms in total. The van der Waals surface area contributed by atoms with E-state index in [0.29, 0.717) is 28.4 Å².